The molecule has 7 heteroatoms. The van der Waals surface area contributed by atoms with Crippen molar-refractivity contribution in [1.82, 2.24) is 10.2 Å². The average Bonchev–Trinajstić information content (AvgIpc) is 2.35. The van der Waals surface area contributed by atoms with Crippen LogP contribution >= 0.6 is 11.6 Å². The van der Waals surface area contributed by atoms with Gasteiger partial charge in [0.05, 0.1) is 10.6 Å². The quantitative estimate of drug-likeness (QED) is 0.909. The number of ether oxygens (including phenoxy) is 1. The minimum Gasteiger partial charge on any atom is -0.444 e. The van der Waals surface area contributed by atoms with Gasteiger partial charge in [-0.25, -0.2) is 9.18 Å². The lowest BCUT2D eigenvalue weighted by Crippen LogP contribution is -2.44. The van der Waals surface area contributed by atoms with E-state index in [-0.39, 0.29) is 23.2 Å². The summed E-state index contributed by atoms with van der Waals surface area (Å²) in [6, 6.07) is 3.69. The van der Waals surface area contributed by atoms with E-state index >= 15 is 0 Å². The number of nitrogens with one attached hydrogen (secondary N) is 1. The number of alkyl carbamates (subject to hydrolysis) is 1. The molecule has 1 atom stereocenters. The summed E-state index contributed by atoms with van der Waals surface area (Å²) in [5.41, 5.74) is -0.784. The minimum absolute atomic E-state index is 0.0506. The predicted octanol–water partition coefficient (Wildman–Crippen LogP) is 3.46. The summed E-state index contributed by atoms with van der Waals surface area (Å²) in [7, 11) is 1.51. The molecule has 1 aromatic carbocycles. The Bertz CT molecular complexity index is 567. The molecule has 0 fully saturated rings. The summed E-state index contributed by atoms with van der Waals surface area (Å²) < 4.78 is 18.9. The van der Waals surface area contributed by atoms with Crippen molar-refractivity contribution in [2.45, 2.75) is 39.3 Å². The summed E-state index contributed by atoms with van der Waals surface area (Å²) in [5.74, 6) is -1.23. The Morgan fingerprint density at radius 2 is 2.00 bits per heavy atom. The van der Waals surface area contributed by atoms with Gasteiger partial charge < -0.3 is 15.0 Å². The van der Waals surface area contributed by atoms with E-state index in [4.69, 9.17) is 16.3 Å². The molecule has 0 aliphatic heterocycles. The van der Waals surface area contributed by atoms with Crippen LogP contribution in [0.1, 0.15) is 38.1 Å². The van der Waals surface area contributed by atoms with Crippen LogP contribution in [0.15, 0.2) is 18.2 Å². The van der Waals surface area contributed by atoms with Gasteiger partial charge in [-0.05, 0) is 39.8 Å². The third-order valence-electron chi connectivity index (χ3n) is 2.83. The van der Waals surface area contributed by atoms with Crippen LogP contribution in [-0.4, -0.2) is 42.1 Å². The maximum Gasteiger partial charge on any atom is 0.407 e. The Hall–Kier alpha value is -1.82. The fourth-order valence-corrected chi connectivity index (χ4v) is 2.18. The molecule has 0 heterocycles. The zero-order valence-corrected chi connectivity index (χ0v) is 14.7. The smallest absolute Gasteiger partial charge is 0.407 e. The lowest BCUT2D eigenvalue weighted by Gasteiger charge is -2.25. The Kier molecular flexibility index (Phi) is 6.38. The first kappa shape index (κ1) is 19.2. The summed E-state index contributed by atoms with van der Waals surface area (Å²) in [6.45, 7) is 7.17. The van der Waals surface area contributed by atoms with Crippen LogP contribution in [0.2, 0.25) is 5.02 Å². The number of benzene rings is 1. The number of carbonyl (C=O) groups excluding carboxylic acids is 2. The molecule has 0 aliphatic rings. The normalized spacial score (nSPS) is 12.5. The summed E-state index contributed by atoms with van der Waals surface area (Å²) in [6.07, 6.45) is -0.574. The van der Waals surface area contributed by atoms with Gasteiger partial charge >= 0.3 is 6.09 Å². The molecular formula is C16H22ClFN2O3. The Labute approximate surface area is 140 Å². The van der Waals surface area contributed by atoms with Gasteiger partial charge in [-0.15, -0.1) is 0 Å². The highest BCUT2D eigenvalue weighted by Gasteiger charge is 2.22. The number of rotatable bonds is 4. The second-order valence-electron chi connectivity index (χ2n) is 6.33. The van der Waals surface area contributed by atoms with E-state index in [0.29, 0.717) is 0 Å². The first-order valence-corrected chi connectivity index (χ1v) is 7.58. The molecule has 0 bridgehead atoms. The van der Waals surface area contributed by atoms with E-state index in [0.717, 1.165) is 0 Å². The van der Waals surface area contributed by atoms with Crippen LogP contribution in [0, 0.1) is 5.82 Å². The number of amides is 2. The van der Waals surface area contributed by atoms with Crippen LogP contribution in [0.25, 0.3) is 0 Å². The molecule has 5 nitrogen and oxygen atoms in total. The van der Waals surface area contributed by atoms with E-state index in [1.165, 1.54) is 30.1 Å². The van der Waals surface area contributed by atoms with Crippen molar-refractivity contribution in [3.05, 3.63) is 34.6 Å². The molecule has 0 aliphatic carbocycles. The number of carbonyl (C=O) groups is 2. The van der Waals surface area contributed by atoms with Crippen molar-refractivity contribution in [2.75, 3.05) is 13.6 Å². The highest BCUT2D eigenvalue weighted by molar-refractivity contribution is 6.33. The second kappa shape index (κ2) is 7.64. The van der Waals surface area contributed by atoms with E-state index in [9.17, 15) is 14.0 Å². The third-order valence-corrected chi connectivity index (χ3v) is 3.15. The Morgan fingerprint density at radius 3 is 2.52 bits per heavy atom. The van der Waals surface area contributed by atoms with Gasteiger partial charge in [0.15, 0.2) is 0 Å². The highest BCUT2D eigenvalue weighted by atomic mass is 35.5. The van der Waals surface area contributed by atoms with Crippen LogP contribution < -0.4 is 5.32 Å². The zero-order chi connectivity index (χ0) is 17.8. The van der Waals surface area contributed by atoms with Crippen molar-refractivity contribution in [3.8, 4) is 0 Å². The van der Waals surface area contributed by atoms with Crippen LogP contribution in [0.3, 0.4) is 0 Å². The van der Waals surface area contributed by atoms with Gasteiger partial charge in [0.25, 0.3) is 5.91 Å². The van der Waals surface area contributed by atoms with Crippen LogP contribution in [-0.2, 0) is 4.74 Å². The molecule has 0 radical (unpaired) electrons. The van der Waals surface area contributed by atoms with Gasteiger partial charge in [-0.1, -0.05) is 17.7 Å². The Morgan fingerprint density at radius 1 is 1.39 bits per heavy atom. The lowest BCUT2D eigenvalue weighted by atomic mass is 10.1. The van der Waals surface area contributed by atoms with E-state index in [2.05, 4.69) is 5.32 Å². The summed E-state index contributed by atoms with van der Waals surface area (Å²) in [5, 5.41) is 2.67. The van der Waals surface area contributed by atoms with Gasteiger partial charge in [0.1, 0.15) is 11.4 Å². The monoisotopic (exact) mass is 344 g/mol. The lowest BCUT2D eigenvalue weighted by molar-refractivity contribution is 0.0491. The molecule has 0 unspecified atom stereocenters. The number of hydrogen-bond donors (Lipinski definition) is 1. The largest absolute Gasteiger partial charge is 0.444 e. The molecule has 1 aromatic rings. The highest BCUT2D eigenvalue weighted by Crippen LogP contribution is 2.20. The summed E-state index contributed by atoms with van der Waals surface area (Å²) in [4.78, 5) is 25.3. The van der Waals surface area contributed by atoms with Gasteiger partial charge in [-0.2, -0.15) is 0 Å². The zero-order valence-electron chi connectivity index (χ0n) is 13.9. The summed E-state index contributed by atoms with van der Waals surface area (Å²) >= 11 is 5.88. The van der Waals surface area contributed by atoms with Gasteiger partial charge in [0, 0.05) is 19.6 Å². The topological polar surface area (TPSA) is 58.6 Å². The second-order valence-corrected chi connectivity index (χ2v) is 6.74. The van der Waals surface area contributed by atoms with E-state index in [1.807, 2.05) is 0 Å². The van der Waals surface area contributed by atoms with E-state index < -0.39 is 23.4 Å². The van der Waals surface area contributed by atoms with Gasteiger partial charge in [0.2, 0.25) is 0 Å². The molecule has 0 aromatic heterocycles. The molecule has 128 valence electrons. The number of hydrogen-bond acceptors (Lipinski definition) is 3. The van der Waals surface area contributed by atoms with Crippen molar-refractivity contribution in [2.24, 2.45) is 0 Å². The van der Waals surface area contributed by atoms with E-state index in [1.54, 1.807) is 27.7 Å². The van der Waals surface area contributed by atoms with Crippen molar-refractivity contribution in [3.63, 3.8) is 0 Å². The SMILES string of the molecule is C[C@@H](CN(C)C(=O)c1c(F)cccc1Cl)NC(=O)OC(C)(C)C. The molecule has 0 spiro atoms. The van der Waals surface area contributed by atoms with Gasteiger partial charge in [-0.3, -0.25) is 4.79 Å². The number of likely N-dealkylation sites (N-methyl/N-ethyl adjacent to an activating group) is 1. The molecule has 1 rings (SSSR count). The standard InChI is InChI=1S/C16H22ClFN2O3/c1-10(19-15(22)23-16(2,3)4)9-20(5)14(21)13-11(17)7-6-8-12(13)18/h6-8,10H,9H2,1-5H3,(H,19,22)/t10-/m0/s1. The van der Waals surface area contributed by atoms with Crippen molar-refractivity contribution in [1.29, 1.82) is 0 Å². The third kappa shape index (κ3) is 6.06. The molecule has 23 heavy (non-hydrogen) atoms. The fraction of sp³-hybridized carbons (Fsp3) is 0.500. The molecule has 0 saturated carbocycles. The van der Waals surface area contributed by atoms with Crippen molar-refractivity contribution < 1.29 is 18.7 Å². The van der Waals surface area contributed by atoms with Crippen molar-refractivity contribution >= 4 is 23.6 Å². The predicted molar refractivity (Wildman–Crippen MR) is 87.2 cm³/mol. The fourth-order valence-electron chi connectivity index (χ4n) is 1.94. The average molecular weight is 345 g/mol. The van der Waals surface area contributed by atoms with Crippen LogP contribution in [0.5, 0.6) is 0 Å². The first-order valence-electron chi connectivity index (χ1n) is 7.20. The first-order chi connectivity index (χ1) is 10.5. The maximum atomic E-state index is 13.8. The number of nitrogens with zero attached hydrogens (tertiary/aromatic N) is 1. The number of halogens is 2. The minimum atomic E-state index is -0.679. The molecule has 2 amide bonds. The van der Waals surface area contributed by atoms with Crippen LogP contribution in [0.4, 0.5) is 9.18 Å². The molecular weight excluding hydrogens is 323 g/mol. The molecule has 0 saturated heterocycles. The maximum absolute atomic E-state index is 13.8. The Balaban J connectivity index is 2.67. The molecule has 1 N–H and O–H groups in total.